The van der Waals surface area contributed by atoms with Crippen molar-refractivity contribution in [2.24, 2.45) is 0 Å². The average molecular weight is 505 g/mol. The van der Waals surface area contributed by atoms with Crippen LogP contribution in [0.25, 0.3) is 0 Å². The SMILES string of the molecule is CC(C)(NC(=O)Nc1ccc2c(c1)CN(C1CCC(=O)NC1=O)C2=O)c1ccc(C2CCOCC2)cc1. The quantitative estimate of drug-likeness (QED) is 0.540. The van der Waals surface area contributed by atoms with Gasteiger partial charge in [-0.05, 0) is 73.9 Å². The Bertz CT molecular complexity index is 1230. The highest BCUT2D eigenvalue weighted by molar-refractivity contribution is 6.05. The summed E-state index contributed by atoms with van der Waals surface area (Å²) in [6.07, 6.45) is 2.57. The first kappa shape index (κ1) is 25.0. The van der Waals surface area contributed by atoms with Gasteiger partial charge in [-0.2, -0.15) is 0 Å². The average Bonchev–Trinajstić information content (AvgIpc) is 3.19. The maximum atomic E-state index is 12.9. The first-order valence-corrected chi connectivity index (χ1v) is 12.8. The van der Waals surface area contributed by atoms with Crippen LogP contribution in [0.3, 0.4) is 0 Å². The Morgan fingerprint density at radius 1 is 1.03 bits per heavy atom. The molecule has 0 aromatic heterocycles. The van der Waals surface area contributed by atoms with Gasteiger partial charge in [0.25, 0.3) is 5.91 Å². The molecule has 5 amide bonds. The number of anilines is 1. The molecule has 2 aromatic carbocycles. The summed E-state index contributed by atoms with van der Waals surface area (Å²) in [5.74, 6) is -0.495. The molecule has 194 valence electrons. The lowest BCUT2D eigenvalue weighted by atomic mass is 9.88. The topological polar surface area (TPSA) is 117 Å². The molecule has 0 saturated carbocycles. The van der Waals surface area contributed by atoms with E-state index in [0.717, 1.165) is 37.2 Å². The molecule has 2 fully saturated rings. The van der Waals surface area contributed by atoms with E-state index in [-0.39, 0.29) is 30.8 Å². The molecule has 9 nitrogen and oxygen atoms in total. The van der Waals surface area contributed by atoms with Crippen LogP contribution in [0.5, 0.6) is 0 Å². The Balaban J connectivity index is 1.21. The van der Waals surface area contributed by atoms with Crippen molar-refractivity contribution >= 4 is 29.4 Å². The van der Waals surface area contributed by atoms with E-state index in [4.69, 9.17) is 4.74 Å². The van der Waals surface area contributed by atoms with E-state index >= 15 is 0 Å². The monoisotopic (exact) mass is 504 g/mol. The van der Waals surface area contributed by atoms with E-state index in [1.165, 1.54) is 10.5 Å². The lowest BCUT2D eigenvalue weighted by molar-refractivity contribution is -0.136. The molecule has 3 N–H and O–H groups in total. The van der Waals surface area contributed by atoms with Crippen molar-refractivity contribution in [2.45, 2.75) is 63.6 Å². The number of hydrogen-bond donors (Lipinski definition) is 3. The number of carbonyl (C=O) groups excluding carboxylic acids is 4. The number of benzene rings is 2. The number of rotatable bonds is 5. The fourth-order valence-electron chi connectivity index (χ4n) is 5.37. The Morgan fingerprint density at radius 2 is 1.76 bits per heavy atom. The summed E-state index contributed by atoms with van der Waals surface area (Å²) in [7, 11) is 0. The lowest BCUT2D eigenvalue weighted by Crippen LogP contribution is -2.52. The van der Waals surface area contributed by atoms with Crippen LogP contribution in [0, 0.1) is 0 Å². The van der Waals surface area contributed by atoms with Gasteiger partial charge in [-0.15, -0.1) is 0 Å². The van der Waals surface area contributed by atoms with Crippen molar-refractivity contribution in [3.63, 3.8) is 0 Å². The second-order valence-corrected chi connectivity index (χ2v) is 10.5. The van der Waals surface area contributed by atoms with E-state index in [9.17, 15) is 19.2 Å². The van der Waals surface area contributed by atoms with E-state index in [0.29, 0.717) is 23.6 Å². The smallest absolute Gasteiger partial charge is 0.319 e. The fourth-order valence-corrected chi connectivity index (χ4v) is 5.37. The summed E-state index contributed by atoms with van der Waals surface area (Å²) in [6, 6.07) is 12.5. The zero-order valence-electron chi connectivity index (χ0n) is 21.1. The Hall–Kier alpha value is -3.72. The van der Waals surface area contributed by atoms with Crippen molar-refractivity contribution < 1.29 is 23.9 Å². The summed E-state index contributed by atoms with van der Waals surface area (Å²) in [5, 5.41) is 8.21. The largest absolute Gasteiger partial charge is 0.381 e. The third-order valence-electron chi connectivity index (χ3n) is 7.53. The number of amides is 5. The van der Waals surface area contributed by atoms with Crippen molar-refractivity contribution in [1.29, 1.82) is 0 Å². The predicted molar refractivity (Wildman–Crippen MR) is 137 cm³/mol. The number of fused-ring (bicyclic) bond motifs is 1. The molecule has 0 bridgehead atoms. The Morgan fingerprint density at radius 3 is 2.46 bits per heavy atom. The van der Waals surface area contributed by atoms with Crippen LogP contribution in [-0.4, -0.2) is 47.9 Å². The van der Waals surface area contributed by atoms with Crippen LogP contribution in [0.2, 0.25) is 0 Å². The number of urea groups is 1. The number of imide groups is 1. The van der Waals surface area contributed by atoms with Crippen LogP contribution in [0.1, 0.15) is 72.5 Å². The lowest BCUT2D eigenvalue weighted by Gasteiger charge is -2.29. The summed E-state index contributed by atoms with van der Waals surface area (Å²) < 4.78 is 5.46. The molecule has 3 aliphatic heterocycles. The minimum atomic E-state index is -0.670. The number of nitrogens with one attached hydrogen (secondary N) is 3. The molecular formula is C28H32N4O5. The number of nitrogens with zero attached hydrogens (tertiary/aromatic N) is 1. The maximum absolute atomic E-state index is 12.9. The zero-order chi connectivity index (χ0) is 26.2. The van der Waals surface area contributed by atoms with Crippen molar-refractivity contribution in [2.75, 3.05) is 18.5 Å². The van der Waals surface area contributed by atoms with Gasteiger partial charge in [-0.25, -0.2) is 4.79 Å². The van der Waals surface area contributed by atoms with E-state index < -0.39 is 17.5 Å². The third-order valence-corrected chi connectivity index (χ3v) is 7.53. The number of piperidine rings is 1. The molecule has 5 rings (SSSR count). The zero-order valence-corrected chi connectivity index (χ0v) is 21.1. The molecule has 1 unspecified atom stereocenters. The Labute approximate surface area is 215 Å². The first-order valence-electron chi connectivity index (χ1n) is 12.8. The summed E-state index contributed by atoms with van der Waals surface area (Å²) in [4.78, 5) is 51.0. The highest BCUT2D eigenvalue weighted by Crippen LogP contribution is 2.31. The molecule has 0 radical (unpaired) electrons. The van der Waals surface area contributed by atoms with Gasteiger partial charge in [-0.1, -0.05) is 24.3 Å². The van der Waals surface area contributed by atoms with Crippen LogP contribution in [0.15, 0.2) is 42.5 Å². The molecule has 3 heterocycles. The predicted octanol–water partition coefficient (Wildman–Crippen LogP) is 3.40. The minimum absolute atomic E-state index is 0.206. The highest BCUT2D eigenvalue weighted by Gasteiger charge is 2.39. The molecular weight excluding hydrogens is 472 g/mol. The highest BCUT2D eigenvalue weighted by atomic mass is 16.5. The minimum Gasteiger partial charge on any atom is -0.381 e. The van der Waals surface area contributed by atoms with Gasteiger partial charge in [0.2, 0.25) is 11.8 Å². The second-order valence-electron chi connectivity index (χ2n) is 10.5. The number of ether oxygens (including phenoxy) is 1. The molecule has 9 heteroatoms. The molecule has 3 aliphatic rings. The molecule has 37 heavy (non-hydrogen) atoms. The van der Waals surface area contributed by atoms with E-state index in [2.05, 4.69) is 40.2 Å². The van der Waals surface area contributed by atoms with Gasteiger partial charge in [0.15, 0.2) is 0 Å². The number of hydrogen-bond acceptors (Lipinski definition) is 5. The third kappa shape index (κ3) is 5.22. The van der Waals surface area contributed by atoms with Crippen molar-refractivity contribution in [3.05, 3.63) is 64.7 Å². The Kier molecular flexibility index (Phi) is 6.72. The molecule has 0 spiro atoms. The molecule has 0 aliphatic carbocycles. The standard InChI is InChI=1S/C28H32N4O5/c1-28(2,20-5-3-17(4-6-20)18-11-13-37-14-12-18)31-27(36)29-21-7-8-22-19(15-21)16-32(26(22)35)23-9-10-24(33)30-25(23)34/h3-8,15,18,23H,9-14,16H2,1-2H3,(H2,29,31,36)(H,30,33,34). The van der Waals surface area contributed by atoms with Gasteiger partial charge in [0.05, 0.1) is 5.54 Å². The van der Waals surface area contributed by atoms with Crippen molar-refractivity contribution in [1.82, 2.24) is 15.5 Å². The molecule has 2 saturated heterocycles. The maximum Gasteiger partial charge on any atom is 0.319 e. The van der Waals surface area contributed by atoms with Gasteiger partial charge < -0.3 is 20.3 Å². The number of carbonyl (C=O) groups is 4. The second kappa shape index (κ2) is 9.97. The van der Waals surface area contributed by atoms with Gasteiger partial charge >= 0.3 is 6.03 Å². The van der Waals surface area contributed by atoms with Gasteiger partial charge in [-0.3, -0.25) is 19.7 Å². The first-order chi connectivity index (χ1) is 17.7. The van der Waals surface area contributed by atoms with Crippen LogP contribution in [0.4, 0.5) is 10.5 Å². The normalized spacial score (nSPS) is 20.4. The molecule has 2 aromatic rings. The van der Waals surface area contributed by atoms with E-state index in [1.807, 2.05) is 13.8 Å². The summed E-state index contributed by atoms with van der Waals surface area (Å²) in [5.41, 5.74) is 3.48. The van der Waals surface area contributed by atoms with Gasteiger partial charge in [0.1, 0.15) is 6.04 Å². The van der Waals surface area contributed by atoms with E-state index in [1.54, 1.807) is 18.2 Å². The van der Waals surface area contributed by atoms with Crippen LogP contribution < -0.4 is 16.0 Å². The summed E-state index contributed by atoms with van der Waals surface area (Å²) >= 11 is 0. The summed E-state index contributed by atoms with van der Waals surface area (Å²) in [6.45, 7) is 5.75. The van der Waals surface area contributed by atoms with Crippen LogP contribution in [-0.2, 0) is 26.4 Å². The van der Waals surface area contributed by atoms with Crippen LogP contribution >= 0.6 is 0 Å². The fraction of sp³-hybridized carbons (Fsp3) is 0.429. The van der Waals surface area contributed by atoms with Gasteiger partial charge in [0, 0.05) is 37.4 Å². The molecule has 1 atom stereocenters. The van der Waals surface area contributed by atoms with Crippen molar-refractivity contribution in [3.8, 4) is 0 Å².